The standard InChI is InChI=1S/C22H25NO4/c1-26-21(24)20(16-10-4-7-13-18-11-5-2-6-12-18)23-22(25)27-17-19-14-8-3-9-15-19/h2-3,5-6,8-9,11-12,14-15H,4,7,10,13,16-17H2,1H3. The number of aliphatic imine (C=N–C) groups is 1. The number of carbonyl (C=O) groups is 2. The molecule has 0 aliphatic rings. The summed E-state index contributed by atoms with van der Waals surface area (Å²) in [5.74, 6) is -0.588. The van der Waals surface area contributed by atoms with Crippen molar-refractivity contribution in [3.05, 3.63) is 71.8 Å². The smallest absolute Gasteiger partial charge is 0.434 e. The van der Waals surface area contributed by atoms with Gasteiger partial charge in [0.15, 0.2) is 0 Å². The first-order chi connectivity index (χ1) is 13.2. The lowest BCUT2D eigenvalue weighted by Crippen LogP contribution is -2.18. The quantitative estimate of drug-likeness (QED) is 0.365. The first-order valence-corrected chi connectivity index (χ1v) is 9.09. The lowest BCUT2D eigenvalue weighted by Gasteiger charge is -2.06. The van der Waals surface area contributed by atoms with E-state index in [9.17, 15) is 9.59 Å². The van der Waals surface area contributed by atoms with E-state index in [0.29, 0.717) is 6.42 Å². The van der Waals surface area contributed by atoms with Gasteiger partial charge in [0.25, 0.3) is 0 Å². The van der Waals surface area contributed by atoms with Gasteiger partial charge >= 0.3 is 12.1 Å². The minimum Gasteiger partial charge on any atom is -0.465 e. The number of ether oxygens (including phenoxy) is 2. The van der Waals surface area contributed by atoms with Gasteiger partial charge < -0.3 is 9.47 Å². The molecule has 0 N–H and O–H groups in total. The van der Waals surface area contributed by atoms with Gasteiger partial charge in [0.05, 0.1) is 7.11 Å². The maximum atomic E-state index is 11.9. The van der Waals surface area contributed by atoms with Gasteiger partial charge in [-0.05, 0) is 36.8 Å². The fourth-order valence-corrected chi connectivity index (χ4v) is 2.63. The summed E-state index contributed by atoms with van der Waals surface area (Å²) >= 11 is 0. The Bertz CT molecular complexity index is 741. The molecule has 0 spiro atoms. The highest BCUT2D eigenvalue weighted by molar-refractivity contribution is 6.37. The van der Waals surface area contributed by atoms with E-state index in [-0.39, 0.29) is 12.3 Å². The lowest BCUT2D eigenvalue weighted by molar-refractivity contribution is -0.132. The molecule has 142 valence electrons. The Hall–Kier alpha value is -2.95. The monoisotopic (exact) mass is 367 g/mol. The van der Waals surface area contributed by atoms with Crippen LogP contribution in [0.2, 0.25) is 0 Å². The molecule has 0 saturated carbocycles. The van der Waals surface area contributed by atoms with Gasteiger partial charge in [-0.15, -0.1) is 0 Å². The number of unbranched alkanes of at least 4 members (excludes halogenated alkanes) is 2. The minimum absolute atomic E-state index is 0.107. The van der Waals surface area contributed by atoms with Crippen molar-refractivity contribution < 1.29 is 19.1 Å². The van der Waals surface area contributed by atoms with Gasteiger partial charge in [-0.2, -0.15) is 4.99 Å². The normalized spacial score (nSPS) is 11.1. The highest BCUT2D eigenvalue weighted by Crippen LogP contribution is 2.09. The van der Waals surface area contributed by atoms with Gasteiger partial charge in [-0.25, -0.2) is 9.59 Å². The molecule has 0 aliphatic heterocycles. The molecule has 0 atom stereocenters. The number of hydrogen-bond donors (Lipinski definition) is 0. The Kier molecular flexibility index (Phi) is 8.77. The third-order valence-electron chi connectivity index (χ3n) is 4.07. The van der Waals surface area contributed by atoms with Crippen LogP contribution in [0.1, 0.15) is 36.8 Å². The van der Waals surface area contributed by atoms with Crippen LogP contribution in [0, 0.1) is 0 Å². The van der Waals surface area contributed by atoms with Gasteiger partial charge in [0.1, 0.15) is 12.3 Å². The molecule has 5 nitrogen and oxygen atoms in total. The van der Waals surface area contributed by atoms with E-state index in [1.54, 1.807) is 0 Å². The van der Waals surface area contributed by atoms with Crippen molar-refractivity contribution in [3.8, 4) is 0 Å². The van der Waals surface area contributed by atoms with Gasteiger partial charge in [-0.1, -0.05) is 67.1 Å². The molecule has 0 heterocycles. The molecule has 0 fully saturated rings. The molecule has 0 unspecified atom stereocenters. The molecule has 2 rings (SSSR count). The average molecular weight is 367 g/mol. The highest BCUT2D eigenvalue weighted by Gasteiger charge is 2.14. The summed E-state index contributed by atoms with van der Waals surface area (Å²) in [5.41, 5.74) is 2.26. The Morgan fingerprint density at radius 2 is 1.48 bits per heavy atom. The number of benzene rings is 2. The fraction of sp³-hybridized carbons (Fsp3) is 0.318. The summed E-state index contributed by atoms with van der Waals surface area (Å²) in [6, 6.07) is 19.6. The van der Waals surface area contributed by atoms with E-state index < -0.39 is 12.1 Å². The van der Waals surface area contributed by atoms with Crippen LogP contribution in [-0.2, 0) is 27.3 Å². The molecular weight excluding hydrogens is 342 g/mol. The van der Waals surface area contributed by atoms with Crippen molar-refractivity contribution in [2.45, 2.75) is 38.7 Å². The summed E-state index contributed by atoms with van der Waals surface area (Å²) < 4.78 is 9.83. The maximum Gasteiger partial charge on any atom is 0.434 e. The molecule has 27 heavy (non-hydrogen) atoms. The summed E-state index contributed by atoms with van der Waals surface area (Å²) in [6.07, 6.45) is 3.31. The number of carbonyl (C=O) groups excluding carboxylic acids is 2. The zero-order valence-corrected chi connectivity index (χ0v) is 15.6. The Morgan fingerprint density at radius 3 is 2.11 bits per heavy atom. The summed E-state index contributed by atoms with van der Waals surface area (Å²) in [4.78, 5) is 27.5. The zero-order valence-electron chi connectivity index (χ0n) is 15.6. The second-order valence-electron chi connectivity index (χ2n) is 6.14. The number of amides is 1. The van der Waals surface area contributed by atoms with Crippen LogP contribution in [-0.4, -0.2) is 24.9 Å². The highest BCUT2D eigenvalue weighted by atomic mass is 16.5. The van der Waals surface area contributed by atoms with Crippen LogP contribution in [0.5, 0.6) is 0 Å². The molecule has 0 saturated heterocycles. The Balaban J connectivity index is 1.78. The molecular formula is C22H25NO4. The van der Waals surface area contributed by atoms with Crippen molar-refractivity contribution >= 4 is 17.8 Å². The SMILES string of the molecule is COC(=O)C(CCCCCc1ccccc1)=NC(=O)OCc1ccccc1. The zero-order chi connectivity index (χ0) is 19.3. The van der Waals surface area contributed by atoms with E-state index in [1.807, 2.05) is 48.5 Å². The van der Waals surface area contributed by atoms with Crippen LogP contribution in [0.3, 0.4) is 0 Å². The van der Waals surface area contributed by atoms with E-state index in [4.69, 9.17) is 9.47 Å². The predicted octanol–water partition coefficient (Wildman–Crippen LogP) is 4.74. The Labute approximate surface area is 160 Å². The number of aryl methyl sites for hydroxylation is 1. The van der Waals surface area contributed by atoms with Gasteiger partial charge in [-0.3, -0.25) is 0 Å². The van der Waals surface area contributed by atoms with E-state index >= 15 is 0 Å². The molecule has 0 aliphatic carbocycles. The van der Waals surface area contributed by atoms with Crippen LogP contribution in [0.15, 0.2) is 65.7 Å². The van der Waals surface area contributed by atoms with Crippen LogP contribution in [0.25, 0.3) is 0 Å². The molecule has 5 heteroatoms. The molecule has 2 aromatic carbocycles. The minimum atomic E-state index is -0.775. The van der Waals surface area contributed by atoms with Crippen LogP contribution >= 0.6 is 0 Å². The molecule has 0 radical (unpaired) electrons. The fourth-order valence-electron chi connectivity index (χ4n) is 2.63. The van der Waals surface area contributed by atoms with Crippen LogP contribution < -0.4 is 0 Å². The van der Waals surface area contributed by atoms with Gasteiger partial charge in [0.2, 0.25) is 0 Å². The van der Waals surface area contributed by atoms with Crippen molar-refractivity contribution in [2.75, 3.05) is 7.11 Å². The second-order valence-corrected chi connectivity index (χ2v) is 6.14. The lowest BCUT2D eigenvalue weighted by atomic mass is 10.1. The first kappa shape index (κ1) is 20.4. The molecule has 0 bridgehead atoms. The number of methoxy groups -OCH3 is 1. The van der Waals surface area contributed by atoms with Crippen molar-refractivity contribution in [2.24, 2.45) is 4.99 Å². The number of esters is 1. The average Bonchev–Trinajstić information content (AvgIpc) is 2.72. The Morgan fingerprint density at radius 1 is 0.852 bits per heavy atom. The predicted molar refractivity (Wildman–Crippen MR) is 105 cm³/mol. The van der Waals surface area contributed by atoms with Crippen molar-refractivity contribution in [1.29, 1.82) is 0 Å². The number of nitrogens with zero attached hydrogens (tertiary/aromatic N) is 1. The second kappa shape index (κ2) is 11.6. The van der Waals surface area contributed by atoms with Crippen molar-refractivity contribution in [1.82, 2.24) is 0 Å². The summed E-state index contributed by atoms with van der Waals surface area (Å²) in [5, 5.41) is 0. The topological polar surface area (TPSA) is 65.0 Å². The van der Waals surface area contributed by atoms with E-state index in [2.05, 4.69) is 17.1 Å². The summed E-state index contributed by atoms with van der Waals surface area (Å²) in [7, 11) is 1.28. The molecule has 0 aromatic heterocycles. The molecule has 2 aromatic rings. The van der Waals surface area contributed by atoms with Gasteiger partial charge in [0, 0.05) is 0 Å². The van der Waals surface area contributed by atoms with Crippen LogP contribution in [0.4, 0.5) is 4.79 Å². The first-order valence-electron chi connectivity index (χ1n) is 9.09. The number of hydrogen-bond acceptors (Lipinski definition) is 4. The number of rotatable bonds is 9. The third kappa shape index (κ3) is 7.86. The summed E-state index contributed by atoms with van der Waals surface area (Å²) in [6.45, 7) is 0.120. The van der Waals surface area contributed by atoms with E-state index in [0.717, 1.165) is 31.2 Å². The van der Waals surface area contributed by atoms with Crippen molar-refractivity contribution in [3.63, 3.8) is 0 Å². The third-order valence-corrected chi connectivity index (χ3v) is 4.07. The maximum absolute atomic E-state index is 11.9. The largest absolute Gasteiger partial charge is 0.465 e. The molecule has 1 amide bonds. The van der Waals surface area contributed by atoms with E-state index in [1.165, 1.54) is 12.7 Å².